The van der Waals surface area contributed by atoms with Gasteiger partial charge >= 0.3 is 0 Å². The van der Waals surface area contributed by atoms with Crippen LogP contribution in [0.15, 0.2) is 180 Å². The monoisotopic (exact) mass is 591 g/mol. The van der Waals surface area contributed by atoms with Crippen LogP contribution < -0.4 is 4.90 Å². The van der Waals surface area contributed by atoms with E-state index in [1.165, 1.54) is 5.39 Å². The Morgan fingerprint density at radius 1 is 0.435 bits per heavy atom. The molecule has 0 amide bonds. The second-order valence-electron chi connectivity index (χ2n) is 11.4. The van der Waals surface area contributed by atoms with Crippen LogP contribution in [0.4, 0.5) is 17.1 Å². The van der Waals surface area contributed by atoms with E-state index in [-0.39, 0.29) is 35.4 Å². The molecule has 1 aromatic heterocycles. The summed E-state index contributed by atoms with van der Waals surface area (Å²) >= 11 is 0. The standard InChI is InChI=1S/C44H29NO/c1-2-9-30(10-3-1)32-19-24-37(25-20-32)45(38-26-21-33(22-27-38)36-18-17-31-11-4-5-13-35(31)29-36)41-15-8-16-42-43(41)40-28-23-34-12-6-7-14-39(34)44(40)46-42/h1-29H/i19D,20D,24D,25D. The highest BCUT2D eigenvalue weighted by Gasteiger charge is 2.20. The summed E-state index contributed by atoms with van der Waals surface area (Å²) in [5, 5.41) is 6.13. The van der Waals surface area contributed by atoms with E-state index in [0.29, 0.717) is 22.5 Å². The van der Waals surface area contributed by atoms with Crippen LogP contribution in [0.1, 0.15) is 5.48 Å². The van der Waals surface area contributed by atoms with E-state index < -0.39 is 0 Å². The summed E-state index contributed by atoms with van der Waals surface area (Å²) in [5.74, 6) is 0. The van der Waals surface area contributed by atoms with E-state index in [0.717, 1.165) is 43.6 Å². The van der Waals surface area contributed by atoms with Gasteiger partial charge in [0, 0.05) is 22.1 Å². The van der Waals surface area contributed by atoms with Gasteiger partial charge in [0.2, 0.25) is 0 Å². The molecule has 9 aromatic rings. The summed E-state index contributed by atoms with van der Waals surface area (Å²) in [7, 11) is 0. The molecule has 0 aliphatic carbocycles. The van der Waals surface area contributed by atoms with Crippen molar-refractivity contribution in [3.05, 3.63) is 176 Å². The van der Waals surface area contributed by atoms with Gasteiger partial charge in [0.25, 0.3) is 0 Å². The second kappa shape index (κ2) is 10.8. The molecule has 0 atom stereocenters. The molecule has 0 fully saturated rings. The van der Waals surface area contributed by atoms with Crippen molar-refractivity contribution in [3.8, 4) is 22.3 Å². The zero-order valence-corrected chi connectivity index (χ0v) is 24.8. The average molecular weight is 592 g/mol. The highest BCUT2D eigenvalue weighted by atomic mass is 16.3. The van der Waals surface area contributed by atoms with Crippen LogP contribution in [0.5, 0.6) is 0 Å². The van der Waals surface area contributed by atoms with Crippen molar-refractivity contribution in [2.75, 3.05) is 4.90 Å². The summed E-state index contributed by atoms with van der Waals surface area (Å²) < 4.78 is 43.6. The van der Waals surface area contributed by atoms with Crippen LogP contribution in [0.25, 0.3) is 65.7 Å². The van der Waals surface area contributed by atoms with E-state index >= 15 is 0 Å². The van der Waals surface area contributed by atoms with Gasteiger partial charge in [-0.25, -0.2) is 0 Å². The quantitative estimate of drug-likeness (QED) is 0.198. The molecule has 0 unspecified atom stereocenters. The van der Waals surface area contributed by atoms with Crippen molar-refractivity contribution in [1.82, 2.24) is 0 Å². The number of benzene rings is 8. The predicted octanol–water partition coefficient (Wildman–Crippen LogP) is 12.7. The summed E-state index contributed by atoms with van der Waals surface area (Å²) in [5.41, 5.74) is 6.00. The lowest BCUT2D eigenvalue weighted by Crippen LogP contribution is -2.10. The molecule has 216 valence electrons. The Morgan fingerprint density at radius 3 is 1.93 bits per heavy atom. The molecule has 1 heterocycles. The van der Waals surface area contributed by atoms with E-state index in [1.54, 1.807) is 0 Å². The molecule has 8 aromatic carbocycles. The fourth-order valence-corrected chi connectivity index (χ4v) is 6.45. The van der Waals surface area contributed by atoms with Gasteiger partial charge in [-0.15, -0.1) is 0 Å². The summed E-state index contributed by atoms with van der Waals surface area (Å²) in [6.07, 6.45) is 0. The minimum atomic E-state index is -0.126. The van der Waals surface area contributed by atoms with E-state index in [9.17, 15) is 2.74 Å². The number of hydrogen-bond acceptors (Lipinski definition) is 2. The van der Waals surface area contributed by atoms with Crippen LogP contribution in [0, 0.1) is 0 Å². The summed E-state index contributed by atoms with van der Waals surface area (Å²) in [4.78, 5) is 1.85. The van der Waals surface area contributed by atoms with Crippen molar-refractivity contribution in [1.29, 1.82) is 0 Å². The Hall–Kier alpha value is -6.12. The first-order valence-corrected chi connectivity index (χ1v) is 15.4. The van der Waals surface area contributed by atoms with Crippen molar-refractivity contribution >= 4 is 60.5 Å². The summed E-state index contributed by atoms with van der Waals surface area (Å²) in [6, 6.07) is 49.5. The maximum Gasteiger partial charge on any atom is 0.143 e. The average Bonchev–Trinajstić information content (AvgIpc) is 3.56. The zero-order valence-electron chi connectivity index (χ0n) is 28.8. The van der Waals surface area contributed by atoms with Crippen LogP contribution in [0.2, 0.25) is 0 Å². The molecule has 0 saturated heterocycles. The normalized spacial score (nSPS) is 12.7. The van der Waals surface area contributed by atoms with Crippen molar-refractivity contribution < 1.29 is 9.90 Å². The third kappa shape index (κ3) is 4.43. The third-order valence-electron chi connectivity index (χ3n) is 8.71. The molecule has 46 heavy (non-hydrogen) atoms. The minimum Gasteiger partial charge on any atom is -0.455 e. The number of fused-ring (bicyclic) bond motifs is 6. The number of nitrogens with zero attached hydrogens (tertiary/aromatic N) is 1. The number of hydrogen-bond donors (Lipinski definition) is 0. The number of furan rings is 1. The van der Waals surface area contributed by atoms with Crippen molar-refractivity contribution in [3.63, 3.8) is 0 Å². The third-order valence-corrected chi connectivity index (χ3v) is 8.71. The lowest BCUT2D eigenvalue weighted by molar-refractivity contribution is 0.672. The van der Waals surface area contributed by atoms with Crippen molar-refractivity contribution in [2.24, 2.45) is 0 Å². The van der Waals surface area contributed by atoms with Crippen LogP contribution >= 0.6 is 0 Å². The van der Waals surface area contributed by atoms with Gasteiger partial charge in [-0.05, 0) is 86.9 Å². The fraction of sp³-hybridized carbons (Fsp3) is 0. The van der Waals surface area contributed by atoms with Gasteiger partial charge in [0.15, 0.2) is 0 Å². The maximum atomic E-state index is 9.39. The second-order valence-corrected chi connectivity index (χ2v) is 11.4. The van der Waals surface area contributed by atoms with Gasteiger partial charge in [0.1, 0.15) is 11.2 Å². The van der Waals surface area contributed by atoms with Gasteiger partial charge in [-0.3, -0.25) is 0 Å². The Labute approximate surface area is 273 Å². The SMILES string of the molecule is [2H]c1c([2H])c(N(c2ccc(-c3ccc4ccccc4c3)cc2)c2cccc3oc4c5ccccc5ccc4c23)c([2H])c([2H])c1-c1ccccc1. The Balaban J connectivity index is 1.30. The Morgan fingerprint density at radius 2 is 1.11 bits per heavy atom. The first kappa shape index (κ1) is 22.4. The molecule has 0 aliphatic rings. The lowest BCUT2D eigenvalue weighted by Gasteiger charge is -2.26. The molecule has 2 heteroatoms. The van der Waals surface area contributed by atoms with Gasteiger partial charge in [-0.2, -0.15) is 0 Å². The summed E-state index contributed by atoms with van der Waals surface area (Å²) in [6.45, 7) is 0. The molecule has 0 N–H and O–H groups in total. The zero-order chi connectivity index (χ0) is 33.9. The van der Waals surface area contributed by atoms with Crippen LogP contribution in [0.3, 0.4) is 0 Å². The molecule has 0 bridgehead atoms. The van der Waals surface area contributed by atoms with Crippen LogP contribution in [-0.4, -0.2) is 0 Å². The predicted molar refractivity (Wildman–Crippen MR) is 194 cm³/mol. The van der Waals surface area contributed by atoms with E-state index in [4.69, 9.17) is 7.16 Å². The molecule has 0 aliphatic heterocycles. The van der Waals surface area contributed by atoms with E-state index in [2.05, 4.69) is 48.5 Å². The topological polar surface area (TPSA) is 16.4 Å². The highest BCUT2D eigenvalue weighted by molar-refractivity contribution is 6.19. The van der Waals surface area contributed by atoms with Gasteiger partial charge in [0.05, 0.1) is 16.6 Å². The molecule has 9 rings (SSSR count). The lowest BCUT2D eigenvalue weighted by atomic mass is 10.0. The molecule has 0 spiro atoms. The van der Waals surface area contributed by atoms with E-state index in [1.807, 2.05) is 108 Å². The van der Waals surface area contributed by atoms with Gasteiger partial charge in [-0.1, -0.05) is 127 Å². The number of rotatable bonds is 5. The van der Waals surface area contributed by atoms with Crippen molar-refractivity contribution in [2.45, 2.75) is 0 Å². The molecule has 0 saturated carbocycles. The first-order valence-electron chi connectivity index (χ1n) is 17.4. The fourth-order valence-electron chi connectivity index (χ4n) is 6.45. The van der Waals surface area contributed by atoms with Gasteiger partial charge < -0.3 is 9.32 Å². The largest absolute Gasteiger partial charge is 0.455 e. The maximum absolute atomic E-state index is 9.39. The Kier molecular flexibility index (Phi) is 5.26. The van der Waals surface area contributed by atoms with Crippen LogP contribution in [-0.2, 0) is 0 Å². The minimum absolute atomic E-state index is 0.0970. The smallest absolute Gasteiger partial charge is 0.143 e. The molecular weight excluding hydrogens is 558 g/mol. The highest BCUT2D eigenvalue weighted by Crippen LogP contribution is 2.44. The number of anilines is 3. The first-order chi connectivity index (χ1) is 24.5. The molecule has 2 nitrogen and oxygen atoms in total. The Bertz CT molecular complexity index is 2730. The molecular formula is C44H29NO. The molecule has 0 radical (unpaired) electrons.